The van der Waals surface area contributed by atoms with Crippen LogP contribution in [0.3, 0.4) is 0 Å². The van der Waals surface area contributed by atoms with Crippen molar-refractivity contribution in [1.82, 2.24) is 9.82 Å². The Morgan fingerprint density at radius 1 is 1.07 bits per heavy atom. The van der Waals surface area contributed by atoms with E-state index < -0.39 is 16.0 Å². The molecule has 0 unspecified atom stereocenters. The quantitative estimate of drug-likeness (QED) is 0.277. The van der Waals surface area contributed by atoms with Gasteiger partial charge in [-0.25, -0.2) is 9.63 Å². The molecule has 1 heterocycles. The number of methoxy groups -OCH3 is 1. The number of hydrogen-bond donors (Lipinski definition) is 1. The molecule has 0 amide bonds. The number of carbonyl (C=O) groups is 1. The summed E-state index contributed by atoms with van der Waals surface area (Å²) >= 11 is 0. The first-order valence-corrected chi connectivity index (χ1v) is 9.88. The molecule has 0 bridgehead atoms. The smallest absolute Gasteiger partial charge is 0.345 e. The second kappa shape index (κ2) is 8.98. The normalized spacial score (nSPS) is 11.2. The Morgan fingerprint density at radius 2 is 1.86 bits per heavy atom. The lowest BCUT2D eigenvalue weighted by atomic mass is 10.2. The molecule has 148 valence electrons. The van der Waals surface area contributed by atoms with E-state index in [1.54, 1.807) is 48.7 Å². The number of esters is 1. The van der Waals surface area contributed by atoms with E-state index in [9.17, 15) is 13.2 Å². The van der Waals surface area contributed by atoms with E-state index in [0.717, 1.165) is 0 Å². The Morgan fingerprint density at radius 3 is 2.55 bits per heavy atom. The number of nitrogens with one attached hydrogen (secondary N) is 1. The highest BCUT2D eigenvalue weighted by Crippen LogP contribution is 2.28. The van der Waals surface area contributed by atoms with Gasteiger partial charge in [-0.2, -0.15) is 13.5 Å². The summed E-state index contributed by atoms with van der Waals surface area (Å²) in [7, 11) is -2.33. The van der Waals surface area contributed by atoms with Crippen molar-refractivity contribution in [3.8, 4) is 11.5 Å². The lowest BCUT2D eigenvalue weighted by Gasteiger charge is -2.09. The van der Waals surface area contributed by atoms with Crippen LogP contribution in [0, 0.1) is 0 Å². The van der Waals surface area contributed by atoms with Crippen LogP contribution in [0.1, 0.15) is 15.9 Å². The summed E-state index contributed by atoms with van der Waals surface area (Å²) in [6, 6.07) is 15.8. The van der Waals surface area contributed by atoms with E-state index >= 15 is 0 Å². The van der Waals surface area contributed by atoms with Crippen LogP contribution in [0.4, 0.5) is 0 Å². The highest BCUT2D eigenvalue weighted by atomic mass is 32.2. The van der Waals surface area contributed by atoms with Gasteiger partial charge in [0.05, 0.1) is 23.8 Å². The minimum absolute atomic E-state index is 0.104. The Balaban J connectivity index is 1.72. The molecule has 3 rings (SSSR count). The van der Waals surface area contributed by atoms with Gasteiger partial charge in [-0.15, -0.1) is 0 Å². The van der Waals surface area contributed by atoms with Crippen LogP contribution in [0.2, 0.25) is 0 Å². The molecule has 2 aromatic carbocycles. The summed E-state index contributed by atoms with van der Waals surface area (Å²) in [5.41, 5.74) is 0.842. The summed E-state index contributed by atoms with van der Waals surface area (Å²) in [6.07, 6.45) is 4.27. The molecular formula is C20H17N3O5S. The van der Waals surface area contributed by atoms with Gasteiger partial charge in [0.25, 0.3) is 10.0 Å². The van der Waals surface area contributed by atoms with Crippen LogP contribution < -0.4 is 14.3 Å². The van der Waals surface area contributed by atoms with Gasteiger partial charge in [0.1, 0.15) is 0 Å². The number of pyridine rings is 1. The molecular weight excluding hydrogens is 394 g/mol. The maximum Gasteiger partial charge on any atom is 0.345 e. The van der Waals surface area contributed by atoms with Crippen molar-refractivity contribution in [3.63, 3.8) is 0 Å². The fraction of sp³-hybridized carbons (Fsp3) is 0.0500. The molecule has 0 aliphatic carbocycles. The second-order valence-corrected chi connectivity index (χ2v) is 7.37. The molecule has 9 heteroatoms. The molecule has 3 aromatic rings. The van der Waals surface area contributed by atoms with Crippen LogP contribution in [0.5, 0.6) is 11.5 Å². The van der Waals surface area contributed by atoms with Crippen molar-refractivity contribution in [2.75, 3.05) is 7.11 Å². The molecule has 0 radical (unpaired) electrons. The number of hydrazone groups is 1. The first-order chi connectivity index (χ1) is 14.0. The van der Waals surface area contributed by atoms with Crippen LogP contribution >= 0.6 is 0 Å². The molecule has 0 fully saturated rings. The third-order valence-corrected chi connectivity index (χ3v) is 4.97. The summed E-state index contributed by atoms with van der Waals surface area (Å²) in [6.45, 7) is 0. The van der Waals surface area contributed by atoms with E-state index in [1.807, 2.05) is 0 Å². The van der Waals surface area contributed by atoms with Gasteiger partial charge in [0.15, 0.2) is 11.5 Å². The van der Waals surface area contributed by atoms with Crippen molar-refractivity contribution < 1.29 is 22.7 Å². The van der Waals surface area contributed by atoms with Gasteiger partial charge >= 0.3 is 5.97 Å². The molecule has 1 aromatic heterocycles. The number of carbonyl (C=O) groups excluding carboxylic acids is 1. The fourth-order valence-corrected chi connectivity index (χ4v) is 3.13. The van der Waals surface area contributed by atoms with Gasteiger partial charge in [-0.05, 0) is 48.0 Å². The summed E-state index contributed by atoms with van der Waals surface area (Å²) in [5, 5.41) is 3.77. The van der Waals surface area contributed by atoms with Crippen LogP contribution in [-0.4, -0.2) is 32.7 Å². The van der Waals surface area contributed by atoms with Gasteiger partial charge < -0.3 is 9.47 Å². The predicted octanol–water partition coefficient (Wildman–Crippen LogP) is 2.62. The number of sulfonamides is 1. The molecule has 29 heavy (non-hydrogen) atoms. The van der Waals surface area contributed by atoms with Crippen molar-refractivity contribution in [1.29, 1.82) is 0 Å². The zero-order chi connectivity index (χ0) is 20.7. The highest BCUT2D eigenvalue weighted by Gasteiger charge is 2.13. The van der Waals surface area contributed by atoms with Crippen molar-refractivity contribution in [3.05, 3.63) is 84.2 Å². The van der Waals surface area contributed by atoms with Crippen LogP contribution in [0.15, 0.2) is 83.1 Å². The maximum atomic E-state index is 12.2. The molecule has 8 nitrogen and oxygen atoms in total. The van der Waals surface area contributed by atoms with Crippen molar-refractivity contribution in [2.45, 2.75) is 4.90 Å². The number of rotatable bonds is 7. The Kier molecular flexibility index (Phi) is 6.20. The number of hydrogen-bond acceptors (Lipinski definition) is 7. The number of aromatic nitrogens is 1. The summed E-state index contributed by atoms with van der Waals surface area (Å²) in [5.74, 6) is -0.0751. The first kappa shape index (κ1) is 20.0. The highest BCUT2D eigenvalue weighted by molar-refractivity contribution is 7.89. The average molecular weight is 411 g/mol. The minimum atomic E-state index is -3.76. The molecule has 0 atom stereocenters. The standard InChI is InChI=1S/C20H17N3O5S/c1-27-19-12-15(13-22-23-29(25,26)17-7-3-2-4-8-17)9-10-18(19)28-20(24)16-6-5-11-21-14-16/h2-14,23H,1H3/b22-13-. The molecule has 0 aliphatic heterocycles. The summed E-state index contributed by atoms with van der Waals surface area (Å²) < 4.78 is 34.9. The largest absolute Gasteiger partial charge is 0.493 e. The number of nitrogens with zero attached hydrogens (tertiary/aromatic N) is 2. The molecule has 0 aliphatic rings. The van der Waals surface area contributed by atoms with E-state index in [2.05, 4.69) is 14.9 Å². The molecule has 0 saturated heterocycles. The minimum Gasteiger partial charge on any atom is -0.493 e. The monoisotopic (exact) mass is 411 g/mol. The second-order valence-electron chi connectivity index (χ2n) is 5.71. The Hall–Kier alpha value is -3.72. The van der Waals surface area contributed by atoms with E-state index in [1.165, 1.54) is 37.7 Å². The zero-order valence-corrected chi connectivity index (χ0v) is 16.2. The summed E-state index contributed by atoms with van der Waals surface area (Å²) in [4.78, 5) is 18.3. The topological polar surface area (TPSA) is 107 Å². The van der Waals surface area contributed by atoms with Crippen molar-refractivity contribution in [2.24, 2.45) is 5.10 Å². The Bertz CT molecular complexity index is 1120. The van der Waals surface area contributed by atoms with Gasteiger partial charge in [0, 0.05) is 12.4 Å². The van der Waals surface area contributed by atoms with E-state index in [4.69, 9.17) is 9.47 Å². The first-order valence-electron chi connectivity index (χ1n) is 8.40. The van der Waals surface area contributed by atoms with Gasteiger partial charge in [-0.3, -0.25) is 4.98 Å². The Labute approximate surface area is 167 Å². The lowest BCUT2D eigenvalue weighted by Crippen LogP contribution is -2.18. The zero-order valence-electron chi connectivity index (χ0n) is 15.3. The third kappa shape index (κ3) is 5.17. The number of benzene rings is 2. The third-order valence-electron chi connectivity index (χ3n) is 3.73. The van der Waals surface area contributed by atoms with Crippen LogP contribution in [-0.2, 0) is 10.0 Å². The van der Waals surface area contributed by atoms with E-state index in [0.29, 0.717) is 11.1 Å². The van der Waals surface area contributed by atoms with Gasteiger partial charge in [0.2, 0.25) is 0 Å². The predicted molar refractivity (Wildman–Crippen MR) is 107 cm³/mol. The van der Waals surface area contributed by atoms with Crippen LogP contribution in [0.25, 0.3) is 0 Å². The van der Waals surface area contributed by atoms with Crippen molar-refractivity contribution >= 4 is 22.2 Å². The fourth-order valence-electron chi connectivity index (χ4n) is 2.31. The lowest BCUT2D eigenvalue weighted by molar-refractivity contribution is 0.0729. The van der Waals surface area contributed by atoms with Gasteiger partial charge in [-0.1, -0.05) is 18.2 Å². The molecule has 0 saturated carbocycles. The molecule has 1 N–H and O–H groups in total. The average Bonchev–Trinajstić information content (AvgIpc) is 2.75. The SMILES string of the molecule is COc1cc(/C=N\NS(=O)(=O)c2ccccc2)ccc1OC(=O)c1cccnc1. The van der Waals surface area contributed by atoms with E-state index in [-0.39, 0.29) is 16.4 Å². The number of ether oxygens (including phenoxy) is 2. The maximum absolute atomic E-state index is 12.2. The molecule has 0 spiro atoms.